The van der Waals surface area contributed by atoms with E-state index in [-0.39, 0.29) is 12.5 Å². The molecule has 1 N–H and O–H groups in total. The van der Waals surface area contributed by atoms with E-state index < -0.39 is 11.3 Å². The minimum Gasteiger partial charge on any atom is -0.755 e. The monoisotopic (exact) mass is 347 g/mol. The van der Waals surface area contributed by atoms with Gasteiger partial charge < -0.3 is 23.6 Å². The lowest BCUT2D eigenvalue weighted by Crippen LogP contribution is -2.38. The molecule has 0 aliphatic carbocycles. The highest BCUT2D eigenvalue weighted by Gasteiger charge is 2.26. The van der Waals surface area contributed by atoms with Gasteiger partial charge in [-0.3, -0.25) is 9.00 Å². The van der Waals surface area contributed by atoms with Gasteiger partial charge in [0.25, 0.3) is 5.91 Å². The van der Waals surface area contributed by atoms with Gasteiger partial charge in [-0.05, 0) is 29.8 Å². The number of nitrogens with zero attached hydrogens (tertiary/aromatic N) is 1. The number of anilines is 2. The van der Waals surface area contributed by atoms with Crippen molar-refractivity contribution in [3.8, 4) is 11.5 Å². The van der Waals surface area contributed by atoms with Crippen molar-refractivity contribution in [2.75, 3.05) is 23.3 Å². The fourth-order valence-electron chi connectivity index (χ4n) is 2.44. The molecule has 0 fully saturated rings. The first-order chi connectivity index (χ1) is 11.6. The van der Waals surface area contributed by atoms with Crippen LogP contribution in [0.3, 0.4) is 0 Å². The number of amides is 1. The molecule has 8 heteroatoms. The summed E-state index contributed by atoms with van der Waals surface area (Å²) in [6.07, 6.45) is 0. The molecular weight excluding hydrogens is 332 g/mol. The van der Waals surface area contributed by atoms with E-state index in [1.54, 1.807) is 54.5 Å². The molecule has 7 nitrogen and oxygen atoms in total. The van der Waals surface area contributed by atoms with E-state index in [0.29, 0.717) is 29.4 Å². The molecular formula is C16H15N2O5S-. The Bertz CT molecular complexity index is 779. The Hall–Kier alpha value is -2.58. The molecule has 1 amide bonds. The van der Waals surface area contributed by atoms with Crippen LogP contribution in [0.1, 0.15) is 5.56 Å². The molecule has 0 saturated heterocycles. The van der Waals surface area contributed by atoms with Gasteiger partial charge in [0.1, 0.15) is 11.5 Å². The first kappa shape index (κ1) is 16.3. The van der Waals surface area contributed by atoms with Crippen molar-refractivity contribution in [1.82, 2.24) is 0 Å². The van der Waals surface area contributed by atoms with Crippen LogP contribution in [0.15, 0.2) is 42.5 Å². The molecule has 2 aromatic carbocycles. The van der Waals surface area contributed by atoms with Crippen molar-refractivity contribution in [2.24, 2.45) is 0 Å². The molecule has 0 bridgehead atoms. The van der Waals surface area contributed by atoms with Crippen molar-refractivity contribution in [2.45, 2.75) is 6.54 Å². The van der Waals surface area contributed by atoms with Gasteiger partial charge in [-0.25, -0.2) is 0 Å². The standard InChI is InChI=1S/C16H16N2O5S/c1-22-13-6-7-14-15(8-13)23-10-16(19)18(14)9-11-2-4-12(5-3-11)17-24(20)21/h2-8,17H,9-10H2,1H3,(H,20,21)/p-1. The number of fused-ring (bicyclic) bond motifs is 1. The highest BCUT2D eigenvalue weighted by atomic mass is 32.2. The van der Waals surface area contributed by atoms with Crippen molar-refractivity contribution in [3.05, 3.63) is 48.0 Å². The summed E-state index contributed by atoms with van der Waals surface area (Å²) in [6, 6.07) is 12.1. The number of carbonyl (C=O) groups excluding carboxylic acids is 1. The molecule has 1 unspecified atom stereocenters. The predicted molar refractivity (Wildman–Crippen MR) is 88.7 cm³/mol. The van der Waals surface area contributed by atoms with Crippen LogP contribution >= 0.6 is 0 Å². The minimum atomic E-state index is -2.36. The molecule has 1 aliphatic rings. The van der Waals surface area contributed by atoms with Gasteiger partial charge in [-0.2, -0.15) is 0 Å². The summed E-state index contributed by atoms with van der Waals surface area (Å²) in [4.78, 5) is 13.8. The maximum atomic E-state index is 12.2. The van der Waals surface area contributed by atoms with Gasteiger partial charge in [0.2, 0.25) is 0 Å². The lowest BCUT2D eigenvalue weighted by Gasteiger charge is -2.29. The number of methoxy groups -OCH3 is 1. The molecule has 126 valence electrons. The minimum absolute atomic E-state index is 0.0328. The summed E-state index contributed by atoms with van der Waals surface area (Å²) >= 11 is -2.36. The molecule has 2 aromatic rings. The summed E-state index contributed by atoms with van der Waals surface area (Å²) in [7, 11) is 1.57. The quantitative estimate of drug-likeness (QED) is 0.833. The first-order valence-electron chi connectivity index (χ1n) is 7.13. The molecule has 0 radical (unpaired) electrons. The zero-order valence-corrected chi connectivity index (χ0v) is 13.7. The van der Waals surface area contributed by atoms with Crippen LogP contribution in [0.4, 0.5) is 11.4 Å². The zero-order chi connectivity index (χ0) is 17.1. The van der Waals surface area contributed by atoms with Crippen LogP contribution in [0.5, 0.6) is 11.5 Å². The normalized spacial score (nSPS) is 14.6. The summed E-state index contributed by atoms with van der Waals surface area (Å²) in [5.74, 6) is 1.11. The number of hydrogen-bond acceptors (Lipinski definition) is 5. The number of nitrogens with one attached hydrogen (secondary N) is 1. The van der Waals surface area contributed by atoms with Crippen LogP contribution in [0, 0.1) is 0 Å². The number of benzene rings is 2. The van der Waals surface area contributed by atoms with Gasteiger partial charge in [-0.1, -0.05) is 12.1 Å². The molecule has 1 aliphatic heterocycles. The summed E-state index contributed by atoms with van der Waals surface area (Å²) in [5, 5.41) is 0. The van der Waals surface area contributed by atoms with Gasteiger partial charge in [0.15, 0.2) is 6.61 Å². The second-order valence-electron chi connectivity index (χ2n) is 5.14. The molecule has 3 rings (SSSR count). The molecule has 1 heterocycles. The largest absolute Gasteiger partial charge is 0.755 e. The third-order valence-corrected chi connectivity index (χ3v) is 4.01. The maximum absolute atomic E-state index is 12.2. The highest BCUT2D eigenvalue weighted by Crippen LogP contribution is 2.36. The van der Waals surface area contributed by atoms with Crippen LogP contribution in [-0.4, -0.2) is 28.4 Å². The van der Waals surface area contributed by atoms with Crippen molar-refractivity contribution in [3.63, 3.8) is 0 Å². The first-order valence-corrected chi connectivity index (χ1v) is 8.20. The van der Waals surface area contributed by atoms with Crippen molar-refractivity contribution >= 4 is 28.5 Å². The number of ether oxygens (including phenoxy) is 2. The third kappa shape index (κ3) is 3.50. The van der Waals surface area contributed by atoms with E-state index in [2.05, 4.69) is 4.72 Å². The fourth-order valence-corrected chi connectivity index (χ4v) is 2.77. The Morgan fingerprint density at radius 2 is 2.04 bits per heavy atom. The average Bonchev–Trinajstić information content (AvgIpc) is 2.58. The summed E-state index contributed by atoms with van der Waals surface area (Å²) in [6.45, 7) is 0.331. The molecule has 24 heavy (non-hydrogen) atoms. The number of rotatable bonds is 5. The van der Waals surface area contributed by atoms with Crippen LogP contribution in [-0.2, 0) is 22.6 Å². The Labute approximate surface area is 141 Å². The molecule has 0 spiro atoms. The SMILES string of the molecule is COc1ccc2c(c1)OCC(=O)N2Cc1ccc(NS(=O)[O-])cc1. The van der Waals surface area contributed by atoms with E-state index in [0.717, 1.165) is 5.56 Å². The predicted octanol–water partition coefficient (Wildman–Crippen LogP) is 1.83. The second-order valence-corrected chi connectivity index (χ2v) is 5.81. The summed E-state index contributed by atoms with van der Waals surface area (Å²) in [5.41, 5.74) is 2.01. The lowest BCUT2D eigenvalue weighted by atomic mass is 10.1. The van der Waals surface area contributed by atoms with Crippen molar-refractivity contribution < 1.29 is 23.0 Å². The Kier molecular flexibility index (Phi) is 4.68. The fraction of sp³-hybridized carbons (Fsp3) is 0.188. The smallest absolute Gasteiger partial charge is 0.265 e. The Balaban J connectivity index is 1.82. The average molecular weight is 347 g/mol. The third-order valence-electron chi connectivity index (χ3n) is 3.61. The van der Waals surface area contributed by atoms with Gasteiger partial charge in [0.05, 0.1) is 19.3 Å². The van der Waals surface area contributed by atoms with Crippen LogP contribution < -0.4 is 19.1 Å². The maximum Gasteiger partial charge on any atom is 0.265 e. The second kappa shape index (κ2) is 6.90. The van der Waals surface area contributed by atoms with Gasteiger partial charge in [-0.15, -0.1) is 0 Å². The van der Waals surface area contributed by atoms with E-state index in [1.165, 1.54) is 0 Å². The summed E-state index contributed by atoms with van der Waals surface area (Å²) < 4.78 is 34.1. The molecule has 1 atom stereocenters. The number of hydrogen-bond donors (Lipinski definition) is 1. The topological polar surface area (TPSA) is 90.9 Å². The molecule has 0 aromatic heterocycles. The Morgan fingerprint density at radius 1 is 1.29 bits per heavy atom. The van der Waals surface area contributed by atoms with E-state index >= 15 is 0 Å². The van der Waals surface area contributed by atoms with Crippen LogP contribution in [0.25, 0.3) is 0 Å². The Morgan fingerprint density at radius 3 is 2.71 bits per heavy atom. The number of carbonyl (C=O) groups is 1. The van der Waals surface area contributed by atoms with Gasteiger partial charge >= 0.3 is 0 Å². The van der Waals surface area contributed by atoms with Gasteiger partial charge in [0, 0.05) is 23.0 Å². The molecule has 0 saturated carbocycles. The van der Waals surface area contributed by atoms with E-state index in [1.807, 2.05) is 0 Å². The van der Waals surface area contributed by atoms with E-state index in [4.69, 9.17) is 9.47 Å². The van der Waals surface area contributed by atoms with Crippen molar-refractivity contribution in [1.29, 1.82) is 0 Å². The zero-order valence-electron chi connectivity index (χ0n) is 12.9. The highest BCUT2D eigenvalue weighted by molar-refractivity contribution is 7.80. The van der Waals surface area contributed by atoms with E-state index in [9.17, 15) is 13.6 Å². The lowest BCUT2D eigenvalue weighted by molar-refractivity contribution is -0.121. The van der Waals surface area contributed by atoms with Crippen LogP contribution in [0.2, 0.25) is 0 Å².